The Balaban J connectivity index is 2.57. The number of aromatic nitrogens is 3. The number of methoxy groups -OCH3 is 1. The average Bonchev–Trinajstić information content (AvgIpc) is 2.60. The van der Waals surface area contributed by atoms with Gasteiger partial charge in [0.25, 0.3) is 0 Å². The third-order valence-electron chi connectivity index (χ3n) is 2.18. The second-order valence-electron chi connectivity index (χ2n) is 3.17. The molecule has 0 aliphatic rings. The van der Waals surface area contributed by atoms with Gasteiger partial charge in [-0.1, -0.05) is 0 Å². The zero-order chi connectivity index (χ0) is 11.7. The van der Waals surface area contributed by atoms with Crippen LogP contribution >= 0.6 is 11.6 Å². The summed E-state index contributed by atoms with van der Waals surface area (Å²) in [6.45, 7) is 1.76. The minimum Gasteiger partial charge on any atom is -0.494 e. The van der Waals surface area contributed by atoms with E-state index in [0.717, 1.165) is 0 Å². The highest BCUT2D eigenvalue weighted by Crippen LogP contribution is 2.23. The fraction of sp³-hybridized carbons (Fsp3) is 0.200. The topological polar surface area (TPSA) is 39.9 Å². The first-order valence-corrected chi connectivity index (χ1v) is 4.92. The number of hydrogen-bond donors (Lipinski definition) is 0. The van der Waals surface area contributed by atoms with Crippen molar-refractivity contribution in [2.24, 2.45) is 0 Å². The maximum absolute atomic E-state index is 13.2. The van der Waals surface area contributed by atoms with Gasteiger partial charge in [0.1, 0.15) is 5.82 Å². The number of rotatable bonds is 2. The van der Waals surface area contributed by atoms with E-state index >= 15 is 0 Å². The van der Waals surface area contributed by atoms with Crippen molar-refractivity contribution in [2.45, 2.75) is 6.92 Å². The molecular formula is C10H9ClFN3O. The average molecular weight is 242 g/mol. The first kappa shape index (κ1) is 10.9. The fourth-order valence-corrected chi connectivity index (χ4v) is 1.68. The fourth-order valence-electron chi connectivity index (χ4n) is 1.42. The summed E-state index contributed by atoms with van der Waals surface area (Å²) < 4.78 is 19.7. The Morgan fingerprint density at radius 1 is 1.38 bits per heavy atom. The molecule has 1 aromatic carbocycles. The summed E-state index contributed by atoms with van der Waals surface area (Å²) in [6.07, 6.45) is 0. The Morgan fingerprint density at radius 3 is 2.69 bits per heavy atom. The molecule has 1 aromatic heterocycles. The van der Waals surface area contributed by atoms with Gasteiger partial charge in [-0.15, -0.1) is 10.2 Å². The summed E-state index contributed by atoms with van der Waals surface area (Å²) >= 11 is 5.87. The van der Waals surface area contributed by atoms with Crippen LogP contribution in [-0.2, 0) is 0 Å². The van der Waals surface area contributed by atoms with Crippen LogP contribution in [0, 0.1) is 12.7 Å². The molecule has 0 aliphatic heterocycles. The first-order chi connectivity index (χ1) is 7.63. The Bertz CT molecular complexity index is 507. The number of benzene rings is 1. The highest BCUT2D eigenvalue weighted by atomic mass is 35.5. The summed E-state index contributed by atoms with van der Waals surface area (Å²) in [6, 6.07) is 4.43. The molecule has 0 bridgehead atoms. The van der Waals surface area contributed by atoms with Crippen LogP contribution in [0.3, 0.4) is 0 Å². The third kappa shape index (κ3) is 1.74. The van der Waals surface area contributed by atoms with Crippen LogP contribution in [0.1, 0.15) is 5.82 Å². The predicted octanol–water partition coefficient (Wildman–Crippen LogP) is 2.38. The molecule has 0 N–H and O–H groups in total. The number of ether oxygens (including phenoxy) is 1. The Morgan fingerprint density at radius 2 is 2.12 bits per heavy atom. The molecule has 0 atom stereocenters. The van der Waals surface area contributed by atoms with Gasteiger partial charge < -0.3 is 4.74 Å². The lowest BCUT2D eigenvalue weighted by atomic mass is 10.3. The van der Waals surface area contributed by atoms with Crippen LogP contribution in [0.15, 0.2) is 18.2 Å². The molecule has 0 amide bonds. The molecule has 0 aliphatic carbocycles. The second kappa shape index (κ2) is 4.09. The van der Waals surface area contributed by atoms with Crippen LogP contribution in [0.25, 0.3) is 5.69 Å². The molecular weight excluding hydrogens is 233 g/mol. The first-order valence-electron chi connectivity index (χ1n) is 4.55. The zero-order valence-corrected chi connectivity index (χ0v) is 9.49. The van der Waals surface area contributed by atoms with E-state index in [1.165, 1.54) is 19.2 Å². The zero-order valence-electron chi connectivity index (χ0n) is 8.74. The number of aryl methyl sites for hydroxylation is 1. The van der Waals surface area contributed by atoms with Crippen molar-refractivity contribution in [3.63, 3.8) is 0 Å². The summed E-state index contributed by atoms with van der Waals surface area (Å²) in [5.41, 5.74) is 0.658. The molecule has 1 heterocycles. The van der Waals surface area contributed by atoms with Crippen molar-refractivity contribution < 1.29 is 9.13 Å². The molecule has 0 saturated heterocycles. The van der Waals surface area contributed by atoms with Crippen LogP contribution in [-0.4, -0.2) is 21.9 Å². The minimum absolute atomic E-state index is 0.154. The van der Waals surface area contributed by atoms with Gasteiger partial charge in [0.05, 0.1) is 12.8 Å². The largest absolute Gasteiger partial charge is 0.494 e. The standard InChI is InChI=1S/C10H9ClFN3O/c1-6-13-14-10(11)15(6)7-3-4-8(12)9(5-7)16-2/h3-5H,1-2H3. The molecule has 4 nitrogen and oxygen atoms in total. The van der Waals surface area contributed by atoms with Crippen LogP contribution in [0.2, 0.25) is 5.28 Å². The van der Waals surface area contributed by atoms with Gasteiger partial charge in [0.2, 0.25) is 5.28 Å². The molecule has 0 unspecified atom stereocenters. The lowest BCUT2D eigenvalue weighted by Crippen LogP contribution is -1.99. The predicted molar refractivity (Wildman–Crippen MR) is 57.6 cm³/mol. The summed E-state index contributed by atoms with van der Waals surface area (Å²) in [5.74, 6) is 0.355. The van der Waals surface area contributed by atoms with Crippen molar-refractivity contribution in [3.8, 4) is 11.4 Å². The Hall–Kier alpha value is -1.62. The van der Waals surface area contributed by atoms with Crippen molar-refractivity contribution in [3.05, 3.63) is 35.1 Å². The van der Waals surface area contributed by atoms with Gasteiger partial charge >= 0.3 is 0 Å². The minimum atomic E-state index is -0.423. The monoisotopic (exact) mass is 241 g/mol. The van der Waals surface area contributed by atoms with Crippen LogP contribution in [0.4, 0.5) is 4.39 Å². The molecule has 2 rings (SSSR count). The van der Waals surface area contributed by atoms with E-state index in [9.17, 15) is 4.39 Å². The lowest BCUT2D eigenvalue weighted by Gasteiger charge is -2.08. The normalized spacial score (nSPS) is 10.5. The van der Waals surface area contributed by atoms with Crippen molar-refractivity contribution in [1.29, 1.82) is 0 Å². The SMILES string of the molecule is COc1cc(-n2c(C)nnc2Cl)ccc1F. The lowest BCUT2D eigenvalue weighted by molar-refractivity contribution is 0.386. The van der Waals surface area contributed by atoms with E-state index in [1.807, 2.05) is 0 Å². The molecule has 16 heavy (non-hydrogen) atoms. The van der Waals surface area contributed by atoms with E-state index < -0.39 is 5.82 Å². The van der Waals surface area contributed by atoms with Crippen molar-refractivity contribution in [1.82, 2.24) is 14.8 Å². The smallest absolute Gasteiger partial charge is 0.229 e. The van der Waals surface area contributed by atoms with Gasteiger partial charge in [-0.3, -0.25) is 4.57 Å². The number of hydrogen-bond acceptors (Lipinski definition) is 3. The molecule has 0 fully saturated rings. The summed E-state index contributed by atoms with van der Waals surface area (Å²) in [4.78, 5) is 0. The van der Waals surface area contributed by atoms with Gasteiger partial charge in [-0.05, 0) is 30.7 Å². The van der Waals surface area contributed by atoms with E-state index in [4.69, 9.17) is 16.3 Å². The van der Waals surface area contributed by atoms with Gasteiger partial charge in [-0.25, -0.2) is 4.39 Å². The van der Waals surface area contributed by atoms with Crippen LogP contribution in [0.5, 0.6) is 5.75 Å². The van der Waals surface area contributed by atoms with E-state index in [0.29, 0.717) is 11.5 Å². The highest BCUT2D eigenvalue weighted by molar-refractivity contribution is 6.28. The van der Waals surface area contributed by atoms with Crippen LogP contribution < -0.4 is 4.74 Å². The molecule has 0 saturated carbocycles. The maximum Gasteiger partial charge on any atom is 0.229 e. The highest BCUT2D eigenvalue weighted by Gasteiger charge is 2.11. The molecule has 2 aromatic rings. The van der Waals surface area contributed by atoms with E-state index in [-0.39, 0.29) is 11.0 Å². The van der Waals surface area contributed by atoms with Crippen molar-refractivity contribution in [2.75, 3.05) is 7.11 Å². The molecule has 6 heteroatoms. The Kier molecular flexibility index (Phi) is 2.78. The van der Waals surface area contributed by atoms with E-state index in [1.54, 1.807) is 17.6 Å². The number of nitrogens with zero attached hydrogens (tertiary/aromatic N) is 3. The Labute approximate surface area is 96.6 Å². The van der Waals surface area contributed by atoms with Gasteiger partial charge in [0, 0.05) is 6.07 Å². The van der Waals surface area contributed by atoms with Crippen molar-refractivity contribution >= 4 is 11.6 Å². The van der Waals surface area contributed by atoms with E-state index in [2.05, 4.69) is 10.2 Å². The molecule has 84 valence electrons. The molecule has 0 spiro atoms. The summed E-state index contributed by atoms with van der Waals surface area (Å²) in [5, 5.41) is 7.76. The molecule has 0 radical (unpaired) electrons. The quantitative estimate of drug-likeness (QED) is 0.811. The second-order valence-corrected chi connectivity index (χ2v) is 3.51. The van der Waals surface area contributed by atoms with Gasteiger partial charge in [-0.2, -0.15) is 0 Å². The summed E-state index contributed by atoms with van der Waals surface area (Å²) in [7, 11) is 1.41. The maximum atomic E-state index is 13.2. The van der Waals surface area contributed by atoms with Gasteiger partial charge in [0.15, 0.2) is 11.6 Å². The number of halogens is 2. The third-order valence-corrected chi connectivity index (χ3v) is 2.42.